The molecule has 1 N–H and O–H groups in total. The zero-order valence-electron chi connectivity index (χ0n) is 21.8. The zero-order valence-corrected chi connectivity index (χ0v) is 22.6. The highest BCUT2D eigenvalue weighted by Crippen LogP contribution is 2.40. The molecule has 1 aromatic heterocycles. The van der Waals surface area contributed by atoms with Gasteiger partial charge < -0.3 is 20.0 Å². The number of rotatable bonds is 5. The van der Waals surface area contributed by atoms with Crippen LogP contribution in [0.4, 0.5) is 22.0 Å². The van der Waals surface area contributed by atoms with Gasteiger partial charge in [0.2, 0.25) is 5.88 Å². The molecule has 1 aromatic carbocycles. The van der Waals surface area contributed by atoms with E-state index in [0.29, 0.717) is 13.0 Å². The number of pyridine rings is 1. The van der Waals surface area contributed by atoms with Crippen LogP contribution >= 0.6 is 11.6 Å². The Balaban J connectivity index is 1.41. The molecule has 0 fully saturated rings. The maximum absolute atomic E-state index is 13.4. The average molecular weight is 584 g/mol. The summed E-state index contributed by atoms with van der Waals surface area (Å²) >= 11 is 5.76. The Bertz CT molecular complexity index is 1380. The van der Waals surface area contributed by atoms with E-state index in [9.17, 15) is 26.7 Å². The van der Waals surface area contributed by atoms with E-state index in [4.69, 9.17) is 11.6 Å². The van der Waals surface area contributed by atoms with Crippen molar-refractivity contribution in [2.75, 3.05) is 13.1 Å². The normalized spacial score (nSPS) is 21.6. The number of hydrogen-bond acceptors (Lipinski definition) is 6. The summed E-state index contributed by atoms with van der Waals surface area (Å²) in [7, 11) is 0. The topological polar surface area (TPSA) is 60.9 Å². The van der Waals surface area contributed by atoms with Crippen LogP contribution in [0.1, 0.15) is 54.7 Å². The molecule has 40 heavy (non-hydrogen) atoms. The second kappa shape index (κ2) is 10.5. The molecule has 0 bridgehead atoms. The number of hydrazine groups is 1. The summed E-state index contributed by atoms with van der Waals surface area (Å²) in [5.41, 5.74) is 5.71. The predicted octanol–water partition coefficient (Wildman–Crippen LogP) is 5.97. The Morgan fingerprint density at radius 1 is 1.18 bits per heavy atom. The van der Waals surface area contributed by atoms with Crippen molar-refractivity contribution in [1.29, 1.82) is 0 Å². The van der Waals surface area contributed by atoms with Gasteiger partial charge in [-0.25, -0.2) is 4.98 Å². The molecule has 5 rings (SSSR count). The van der Waals surface area contributed by atoms with Gasteiger partial charge in [0, 0.05) is 54.3 Å². The number of nitrogens with one attached hydrogen (secondary N) is 1. The Hall–Kier alpha value is -3.54. The summed E-state index contributed by atoms with van der Waals surface area (Å²) in [5, 5.41) is 1.56. The van der Waals surface area contributed by atoms with Gasteiger partial charge in [-0.15, -0.1) is 0 Å². The van der Waals surface area contributed by atoms with E-state index in [0.717, 1.165) is 34.7 Å². The van der Waals surface area contributed by atoms with Crippen LogP contribution in [0.2, 0.25) is 5.02 Å². The summed E-state index contributed by atoms with van der Waals surface area (Å²) < 4.78 is 70.1. The van der Waals surface area contributed by atoms with Crippen molar-refractivity contribution in [3.63, 3.8) is 0 Å². The van der Waals surface area contributed by atoms with Crippen LogP contribution < -0.4 is 10.2 Å². The minimum atomic E-state index is -4.68. The Kier molecular flexibility index (Phi) is 7.32. The smallest absolute Gasteiger partial charge is 0.417 e. The molecule has 4 heterocycles. The lowest BCUT2D eigenvalue weighted by atomic mass is 9.97. The van der Waals surface area contributed by atoms with Gasteiger partial charge in [0.15, 0.2) is 0 Å². The monoisotopic (exact) mass is 583 g/mol. The number of nitrogens with zero attached hydrogens (tertiary/aromatic N) is 4. The fraction of sp³-hybridized carbons (Fsp3) is 0.407. The highest BCUT2D eigenvalue weighted by atomic mass is 35.5. The first-order valence-electron chi connectivity index (χ1n) is 12.7. The molecule has 0 spiro atoms. The summed E-state index contributed by atoms with van der Waals surface area (Å²) in [4.78, 5) is 20.9. The van der Waals surface area contributed by atoms with Crippen LogP contribution in [-0.2, 0) is 6.18 Å². The molecule has 7 nitrogen and oxygen atoms in total. The predicted molar refractivity (Wildman–Crippen MR) is 137 cm³/mol. The van der Waals surface area contributed by atoms with Crippen LogP contribution in [0.5, 0.6) is 5.88 Å². The third kappa shape index (κ3) is 5.28. The maximum Gasteiger partial charge on any atom is 0.417 e. The fourth-order valence-corrected chi connectivity index (χ4v) is 5.57. The van der Waals surface area contributed by atoms with Crippen molar-refractivity contribution in [3.8, 4) is 5.88 Å². The van der Waals surface area contributed by atoms with E-state index in [1.165, 1.54) is 18.3 Å². The second-order valence-corrected chi connectivity index (χ2v) is 10.6. The van der Waals surface area contributed by atoms with Crippen molar-refractivity contribution in [3.05, 3.63) is 81.4 Å². The quantitative estimate of drug-likeness (QED) is 0.438. The molecule has 0 saturated heterocycles. The van der Waals surface area contributed by atoms with Gasteiger partial charge in [-0.1, -0.05) is 11.6 Å². The minimum absolute atomic E-state index is 0.0109. The molecule has 2 aromatic rings. The number of aromatic nitrogens is 1. The summed E-state index contributed by atoms with van der Waals surface area (Å²) in [5.74, 6) is -0.685. The summed E-state index contributed by atoms with van der Waals surface area (Å²) in [6.45, 7) is 3.67. The lowest BCUT2D eigenvalue weighted by molar-refractivity contribution is -0.137. The van der Waals surface area contributed by atoms with E-state index >= 15 is 0 Å². The van der Waals surface area contributed by atoms with Crippen LogP contribution in [0.3, 0.4) is 0 Å². The number of hydrogen-bond donors (Lipinski definition) is 1. The average Bonchev–Trinajstić information content (AvgIpc) is 3.24. The fourth-order valence-electron chi connectivity index (χ4n) is 5.35. The van der Waals surface area contributed by atoms with Crippen molar-refractivity contribution in [2.45, 2.75) is 58.1 Å². The molecule has 3 aliphatic heterocycles. The molecule has 3 aliphatic rings. The molecule has 214 valence electrons. The van der Waals surface area contributed by atoms with E-state index in [-0.39, 0.29) is 36.1 Å². The highest BCUT2D eigenvalue weighted by molar-refractivity contribution is 6.31. The molecule has 0 unspecified atom stereocenters. The van der Waals surface area contributed by atoms with E-state index < -0.39 is 29.3 Å². The lowest BCUT2D eigenvalue weighted by Gasteiger charge is -2.41. The minimum Gasteiger partial charge on any atom is -0.417 e. The van der Waals surface area contributed by atoms with Crippen LogP contribution in [0.15, 0.2) is 59.7 Å². The highest BCUT2D eigenvalue weighted by Gasteiger charge is 2.41. The molecular weight excluding hydrogens is 557 g/mol. The van der Waals surface area contributed by atoms with Crippen molar-refractivity contribution in [2.24, 2.45) is 0 Å². The van der Waals surface area contributed by atoms with Gasteiger partial charge in [-0.3, -0.25) is 9.80 Å². The first-order chi connectivity index (χ1) is 18.8. The maximum atomic E-state index is 13.4. The van der Waals surface area contributed by atoms with Crippen LogP contribution in [0.25, 0.3) is 0 Å². The number of amides is 1. The van der Waals surface area contributed by atoms with Gasteiger partial charge >= 0.3 is 12.8 Å². The van der Waals surface area contributed by atoms with Crippen LogP contribution in [0, 0.1) is 0 Å². The van der Waals surface area contributed by atoms with E-state index in [1.807, 2.05) is 32.0 Å². The van der Waals surface area contributed by atoms with Gasteiger partial charge in [0.1, 0.15) is 0 Å². The largest absolute Gasteiger partial charge is 0.417 e. The molecule has 0 aliphatic carbocycles. The lowest BCUT2D eigenvalue weighted by Crippen LogP contribution is -2.48. The summed E-state index contributed by atoms with van der Waals surface area (Å²) in [6.07, 6.45) is -0.815. The number of fused-ring (bicyclic) bond motifs is 2. The number of carbonyl (C=O) groups excluding carboxylic acids is 1. The first kappa shape index (κ1) is 28.0. The number of halogens is 6. The SMILES string of the molecule is C[C@@H]1CC2=C(CN1C(=O)c1ccc(Cl)c(C(F)(F)F)c1)C1=CN([C@@H](C)c3ccnc(OC(F)F)c3)C[C@@H](C)N1N2. The molecule has 3 atom stereocenters. The molecule has 0 radical (unpaired) electrons. The van der Waals surface area contributed by atoms with Crippen molar-refractivity contribution in [1.82, 2.24) is 25.2 Å². The molecular formula is C27H27ClF5N5O2. The molecule has 0 saturated carbocycles. The number of alkyl halides is 5. The van der Waals surface area contributed by atoms with Crippen molar-refractivity contribution >= 4 is 17.5 Å². The standard InChI is InChI=1S/C27H27ClF5N5O2/c1-14-8-22-19(12-37(14)25(39)18-4-5-21(28)20(9-18)27(31,32)33)23-13-36(11-15(2)38(23)35-22)16(3)17-6-7-34-24(10-17)40-26(29)30/h4-7,9-10,13-16,26,35H,8,11-12H2,1-3H3/t14-,15-,16+/m1/s1. The van der Waals surface area contributed by atoms with Crippen LogP contribution in [-0.4, -0.2) is 57.5 Å². The van der Waals surface area contributed by atoms with E-state index in [2.05, 4.69) is 20.0 Å². The number of carbonyl (C=O) groups is 1. The van der Waals surface area contributed by atoms with Gasteiger partial charge in [0.05, 0.1) is 34.9 Å². The molecule has 1 amide bonds. The molecule has 13 heteroatoms. The third-order valence-electron chi connectivity index (χ3n) is 7.48. The number of benzene rings is 1. The van der Waals surface area contributed by atoms with Gasteiger partial charge in [-0.2, -0.15) is 22.0 Å². The Labute approximate surface area is 232 Å². The van der Waals surface area contributed by atoms with Crippen molar-refractivity contribution < 1.29 is 31.5 Å². The first-order valence-corrected chi connectivity index (χ1v) is 13.1. The Morgan fingerprint density at radius 3 is 2.62 bits per heavy atom. The summed E-state index contributed by atoms with van der Waals surface area (Å²) in [6, 6.07) is 5.96. The Morgan fingerprint density at radius 2 is 1.93 bits per heavy atom. The third-order valence-corrected chi connectivity index (χ3v) is 7.81. The van der Waals surface area contributed by atoms with E-state index in [1.54, 1.807) is 11.0 Å². The number of ether oxygens (including phenoxy) is 1. The van der Waals surface area contributed by atoms with Gasteiger partial charge in [0.25, 0.3) is 5.91 Å². The van der Waals surface area contributed by atoms with Gasteiger partial charge in [-0.05, 0) is 50.6 Å². The second-order valence-electron chi connectivity index (χ2n) is 10.2. The zero-order chi connectivity index (χ0) is 28.9.